The van der Waals surface area contributed by atoms with Gasteiger partial charge in [0.2, 0.25) is 5.76 Å². The first kappa shape index (κ1) is 19.3. The molecule has 0 bridgehead atoms. The van der Waals surface area contributed by atoms with Gasteiger partial charge in [-0.15, -0.1) is 0 Å². The van der Waals surface area contributed by atoms with Crippen LogP contribution in [0.4, 0.5) is 0 Å². The maximum Gasteiger partial charge on any atom is 0.291 e. The summed E-state index contributed by atoms with van der Waals surface area (Å²) in [6.45, 7) is 3.04. The monoisotopic (exact) mass is 417 g/mol. The fourth-order valence-corrected chi connectivity index (χ4v) is 4.07. The standard InChI is InChI=1S/C23H23N5O3/c1-15-21(31-14-24-15)23(29)27-10-4-6-18(12-27)22-25-20-9-8-17(13-28(20)26-22)16-5-3-7-19(11-16)30-2/h3,5,7-9,11,13-14,18H,4,6,10,12H2,1-2H3/t18-/m1/s1. The van der Waals surface area contributed by atoms with Crippen molar-refractivity contribution >= 4 is 11.6 Å². The zero-order valence-corrected chi connectivity index (χ0v) is 17.5. The van der Waals surface area contributed by atoms with E-state index in [0.717, 1.165) is 41.2 Å². The molecular formula is C23H23N5O3. The van der Waals surface area contributed by atoms with Crippen molar-refractivity contribution in [3.63, 3.8) is 0 Å². The van der Waals surface area contributed by atoms with Crippen molar-refractivity contribution in [3.05, 3.63) is 66.3 Å². The van der Waals surface area contributed by atoms with Crippen LogP contribution in [-0.2, 0) is 0 Å². The number of aryl methyl sites for hydroxylation is 1. The van der Waals surface area contributed by atoms with Gasteiger partial charge in [0.25, 0.3) is 5.91 Å². The van der Waals surface area contributed by atoms with Gasteiger partial charge in [0.05, 0.1) is 12.8 Å². The van der Waals surface area contributed by atoms with Gasteiger partial charge in [0.1, 0.15) is 5.75 Å². The van der Waals surface area contributed by atoms with E-state index in [1.807, 2.05) is 52.0 Å². The van der Waals surface area contributed by atoms with Crippen LogP contribution < -0.4 is 4.74 Å². The second kappa shape index (κ2) is 7.86. The van der Waals surface area contributed by atoms with Crippen molar-refractivity contribution in [1.29, 1.82) is 0 Å². The Morgan fingerprint density at radius 3 is 2.94 bits per heavy atom. The van der Waals surface area contributed by atoms with E-state index in [1.54, 1.807) is 14.0 Å². The first-order valence-corrected chi connectivity index (χ1v) is 10.3. The molecule has 8 nitrogen and oxygen atoms in total. The van der Waals surface area contributed by atoms with E-state index in [4.69, 9.17) is 19.2 Å². The summed E-state index contributed by atoms with van der Waals surface area (Å²) in [5.74, 6) is 1.84. The van der Waals surface area contributed by atoms with Gasteiger partial charge in [0, 0.05) is 30.8 Å². The summed E-state index contributed by atoms with van der Waals surface area (Å²) in [6, 6.07) is 11.9. The molecule has 3 aromatic heterocycles. The third kappa shape index (κ3) is 3.65. The number of carbonyl (C=O) groups excluding carboxylic acids is 1. The lowest BCUT2D eigenvalue weighted by Crippen LogP contribution is -2.39. The van der Waals surface area contributed by atoms with Gasteiger partial charge in [0.15, 0.2) is 17.9 Å². The van der Waals surface area contributed by atoms with Gasteiger partial charge < -0.3 is 14.1 Å². The molecule has 1 atom stereocenters. The molecule has 5 rings (SSSR count). The number of hydrogen-bond donors (Lipinski definition) is 0. The maximum atomic E-state index is 12.8. The number of pyridine rings is 1. The number of oxazole rings is 1. The molecule has 1 saturated heterocycles. The van der Waals surface area contributed by atoms with Crippen molar-refractivity contribution in [3.8, 4) is 16.9 Å². The van der Waals surface area contributed by atoms with E-state index in [0.29, 0.717) is 24.5 Å². The summed E-state index contributed by atoms with van der Waals surface area (Å²) in [7, 11) is 1.66. The topological polar surface area (TPSA) is 85.8 Å². The largest absolute Gasteiger partial charge is 0.497 e. The molecule has 1 aromatic carbocycles. The summed E-state index contributed by atoms with van der Waals surface area (Å²) >= 11 is 0. The molecular weight excluding hydrogens is 394 g/mol. The minimum atomic E-state index is -0.122. The molecule has 4 aromatic rings. The van der Waals surface area contributed by atoms with Crippen LogP contribution in [0, 0.1) is 6.92 Å². The lowest BCUT2D eigenvalue weighted by molar-refractivity contribution is 0.0671. The molecule has 31 heavy (non-hydrogen) atoms. The summed E-state index contributed by atoms with van der Waals surface area (Å²) in [5, 5.41) is 4.74. The highest BCUT2D eigenvalue weighted by molar-refractivity contribution is 5.92. The molecule has 0 spiro atoms. The van der Waals surface area contributed by atoms with Crippen molar-refractivity contribution in [2.24, 2.45) is 0 Å². The predicted octanol–water partition coefficient (Wildman–Crippen LogP) is 3.72. The molecule has 4 heterocycles. The number of aromatic nitrogens is 4. The second-order valence-corrected chi connectivity index (χ2v) is 7.78. The molecule has 0 aliphatic carbocycles. The van der Waals surface area contributed by atoms with Crippen LogP contribution in [-0.4, -0.2) is 50.6 Å². The fourth-order valence-electron chi connectivity index (χ4n) is 4.07. The lowest BCUT2D eigenvalue weighted by Gasteiger charge is -2.30. The highest BCUT2D eigenvalue weighted by atomic mass is 16.5. The fraction of sp³-hybridized carbons (Fsp3) is 0.304. The smallest absolute Gasteiger partial charge is 0.291 e. The summed E-state index contributed by atoms with van der Waals surface area (Å²) in [5.41, 5.74) is 3.48. The number of likely N-dealkylation sites (tertiary alicyclic amines) is 1. The van der Waals surface area contributed by atoms with Crippen LogP contribution in [0.5, 0.6) is 5.75 Å². The quantitative estimate of drug-likeness (QED) is 0.503. The van der Waals surface area contributed by atoms with Crippen LogP contribution >= 0.6 is 0 Å². The normalized spacial score (nSPS) is 16.6. The van der Waals surface area contributed by atoms with Crippen molar-refractivity contribution in [2.75, 3.05) is 20.2 Å². The molecule has 8 heteroatoms. The van der Waals surface area contributed by atoms with Gasteiger partial charge >= 0.3 is 0 Å². The van der Waals surface area contributed by atoms with Crippen LogP contribution in [0.1, 0.15) is 40.8 Å². The van der Waals surface area contributed by atoms with Gasteiger partial charge in [-0.25, -0.2) is 14.5 Å². The maximum absolute atomic E-state index is 12.8. The third-order valence-corrected chi connectivity index (χ3v) is 5.76. The summed E-state index contributed by atoms with van der Waals surface area (Å²) < 4.78 is 12.4. The summed E-state index contributed by atoms with van der Waals surface area (Å²) in [4.78, 5) is 23.4. The number of rotatable bonds is 4. The number of benzene rings is 1. The van der Waals surface area contributed by atoms with Gasteiger partial charge in [-0.3, -0.25) is 4.79 Å². The summed E-state index contributed by atoms with van der Waals surface area (Å²) in [6.07, 6.45) is 5.13. The van der Waals surface area contributed by atoms with E-state index in [-0.39, 0.29) is 11.8 Å². The molecule has 0 radical (unpaired) electrons. The molecule has 1 aliphatic heterocycles. The van der Waals surface area contributed by atoms with Crippen molar-refractivity contribution < 1.29 is 13.9 Å². The Hall–Kier alpha value is -3.68. The second-order valence-electron chi connectivity index (χ2n) is 7.78. The Morgan fingerprint density at radius 1 is 1.23 bits per heavy atom. The third-order valence-electron chi connectivity index (χ3n) is 5.76. The molecule has 1 fully saturated rings. The van der Waals surface area contributed by atoms with Crippen LogP contribution in [0.3, 0.4) is 0 Å². The highest BCUT2D eigenvalue weighted by Gasteiger charge is 2.30. The lowest BCUT2D eigenvalue weighted by atomic mass is 9.97. The average molecular weight is 417 g/mol. The average Bonchev–Trinajstić information content (AvgIpc) is 3.44. The minimum absolute atomic E-state index is 0.0843. The Labute approximate surface area is 179 Å². The molecule has 1 amide bonds. The number of carbonyl (C=O) groups is 1. The Morgan fingerprint density at radius 2 is 2.13 bits per heavy atom. The van der Waals surface area contributed by atoms with Gasteiger partial charge in [-0.05, 0) is 49.6 Å². The van der Waals surface area contributed by atoms with Crippen LogP contribution in [0.25, 0.3) is 16.8 Å². The number of fused-ring (bicyclic) bond motifs is 1. The van der Waals surface area contributed by atoms with E-state index in [2.05, 4.69) is 4.98 Å². The first-order chi connectivity index (χ1) is 15.1. The number of ether oxygens (including phenoxy) is 1. The van der Waals surface area contributed by atoms with Crippen molar-refractivity contribution in [1.82, 2.24) is 24.5 Å². The molecule has 0 unspecified atom stereocenters. The number of hydrogen-bond acceptors (Lipinski definition) is 6. The number of methoxy groups -OCH3 is 1. The van der Waals surface area contributed by atoms with E-state index >= 15 is 0 Å². The first-order valence-electron chi connectivity index (χ1n) is 10.3. The van der Waals surface area contributed by atoms with Gasteiger partial charge in [-0.2, -0.15) is 5.10 Å². The molecule has 0 saturated carbocycles. The molecule has 1 aliphatic rings. The van der Waals surface area contributed by atoms with Crippen molar-refractivity contribution in [2.45, 2.75) is 25.7 Å². The van der Waals surface area contributed by atoms with E-state index in [9.17, 15) is 4.79 Å². The van der Waals surface area contributed by atoms with E-state index < -0.39 is 0 Å². The Bertz CT molecular complexity index is 1240. The predicted molar refractivity (Wildman–Crippen MR) is 114 cm³/mol. The number of amides is 1. The minimum Gasteiger partial charge on any atom is -0.497 e. The Balaban J connectivity index is 1.40. The molecule has 158 valence electrons. The van der Waals surface area contributed by atoms with Crippen LogP contribution in [0.15, 0.2) is 53.4 Å². The zero-order valence-electron chi connectivity index (χ0n) is 17.5. The molecule has 0 N–H and O–H groups in total. The zero-order chi connectivity index (χ0) is 21.4. The van der Waals surface area contributed by atoms with E-state index in [1.165, 1.54) is 6.39 Å². The highest BCUT2D eigenvalue weighted by Crippen LogP contribution is 2.28. The van der Waals surface area contributed by atoms with Gasteiger partial charge in [-0.1, -0.05) is 12.1 Å². The van der Waals surface area contributed by atoms with Crippen LogP contribution in [0.2, 0.25) is 0 Å². The Kier molecular flexibility index (Phi) is 4.89. The number of piperidine rings is 1. The SMILES string of the molecule is COc1cccc(-c2ccc3nc([C@@H]4CCCN(C(=O)c5ocnc5C)C4)nn3c2)c1. The number of nitrogens with zero attached hydrogens (tertiary/aromatic N) is 5.